The van der Waals surface area contributed by atoms with Crippen LogP contribution in [0.15, 0.2) is 0 Å². The summed E-state index contributed by atoms with van der Waals surface area (Å²) in [6.07, 6.45) is 6.44. The van der Waals surface area contributed by atoms with Gasteiger partial charge >= 0.3 is 0 Å². The van der Waals surface area contributed by atoms with Crippen molar-refractivity contribution in [1.29, 1.82) is 0 Å². The summed E-state index contributed by atoms with van der Waals surface area (Å²) in [6, 6.07) is 0.152. The normalized spacial score (nSPS) is 32.5. The van der Waals surface area contributed by atoms with Crippen LogP contribution in [0.4, 0.5) is 0 Å². The molecule has 0 bridgehead atoms. The molecule has 1 saturated heterocycles. The summed E-state index contributed by atoms with van der Waals surface area (Å²) < 4.78 is 5.29. The number of hydrogen-bond donors (Lipinski definition) is 2. The van der Waals surface area contributed by atoms with E-state index >= 15 is 0 Å². The van der Waals surface area contributed by atoms with Gasteiger partial charge in [-0.3, -0.25) is 0 Å². The van der Waals surface area contributed by atoms with Crippen molar-refractivity contribution in [3.05, 3.63) is 0 Å². The summed E-state index contributed by atoms with van der Waals surface area (Å²) in [5, 5.41) is 13.3. The molecule has 1 aliphatic heterocycles. The highest BCUT2D eigenvalue weighted by molar-refractivity contribution is 4.90. The highest BCUT2D eigenvalue weighted by Crippen LogP contribution is 2.42. The highest BCUT2D eigenvalue weighted by Gasteiger charge is 2.36. The average Bonchev–Trinajstić information content (AvgIpc) is 2.85. The topological polar surface area (TPSA) is 41.5 Å². The lowest BCUT2D eigenvalue weighted by Gasteiger charge is -2.33. The quantitative estimate of drug-likeness (QED) is 0.773. The van der Waals surface area contributed by atoms with E-state index in [9.17, 15) is 5.11 Å². The molecule has 0 aromatic carbocycles. The van der Waals surface area contributed by atoms with Crippen molar-refractivity contribution in [3.63, 3.8) is 0 Å². The van der Waals surface area contributed by atoms with E-state index in [0.717, 1.165) is 12.5 Å². The zero-order valence-electron chi connectivity index (χ0n) is 11.2. The van der Waals surface area contributed by atoms with E-state index in [0.29, 0.717) is 18.6 Å². The molecule has 0 aromatic rings. The third kappa shape index (κ3) is 3.43. The molecule has 2 N–H and O–H groups in total. The molecule has 1 saturated carbocycles. The van der Waals surface area contributed by atoms with Crippen molar-refractivity contribution in [2.45, 2.75) is 58.1 Å². The van der Waals surface area contributed by atoms with Crippen molar-refractivity contribution in [2.24, 2.45) is 11.3 Å². The van der Waals surface area contributed by atoms with Crippen LogP contribution in [0.5, 0.6) is 0 Å². The van der Waals surface area contributed by atoms with Crippen LogP contribution in [0, 0.1) is 11.3 Å². The van der Waals surface area contributed by atoms with Crippen molar-refractivity contribution >= 4 is 0 Å². The molecule has 1 aliphatic carbocycles. The zero-order chi connectivity index (χ0) is 12.3. The summed E-state index contributed by atoms with van der Waals surface area (Å²) in [5.74, 6) is 0.764. The van der Waals surface area contributed by atoms with Gasteiger partial charge in [0.1, 0.15) is 0 Å². The average molecular weight is 241 g/mol. The minimum Gasteiger partial charge on any atom is -0.389 e. The second-order valence-corrected chi connectivity index (χ2v) is 6.40. The Hall–Kier alpha value is -0.120. The Kier molecular flexibility index (Phi) is 4.45. The van der Waals surface area contributed by atoms with E-state index in [2.05, 4.69) is 19.2 Å². The molecule has 0 radical (unpaired) electrons. The van der Waals surface area contributed by atoms with Gasteiger partial charge in [0, 0.05) is 6.54 Å². The smallest absolute Gasteiger partial charge is 0.0948 e. The number of nitrogens with one attached hydrogen (secondary N) is 1. The largest absolute Gasteiger partial charge is 0.389 e. The highest BCUT2D eigenvalue weighted by atomic mass is 16.5. The Balaban J connectivity index is 1.85. The van der Waals surface area contributed by atoms with E-state index in [4.69, 9.17) is 4.74 Å². The van der Waals surface area contributed by atoms with E-state index in [1.165, 1.54) is 32.1 Å². The first-order valence-electron chi connectivity index (χ1n) is 7.10. The maximum Gasteiger partial charge on any atom is 0.0948 e. The Morgan fingerprint density at radius 3 is 2.53 bits per heavy atom. The fraction of sp³-hybridized carbons (Fsp3) is 1.00. The van der Waals surface area contributed by atoms with Gasteiger partial charge in [-0.05, 0) is 30.6 Å². The minimum absolute atomic E-state index is 0.152. The molecule has 2 atom stereocenters. The lowest BCUT2D eigenvalue weighted by Crippen LogP contribution is -2.44. The van der Waals surface area contributed by atoms with Gasteiger partial charge in [-0.15, -0.1) is 0 Å². The zero-order valence-corrected chi connectivity index (χ0v) is 11.2. The second-order valence-electron chi connectivity index (χ2n) is 6.40. The molecule has 0 aromatic heterocycles. The molecule has 2 fully saturated rings. The van der Waals surface area contributed by atoms with Crippen LogP contribution in [0.25, 0.3) is 0 Å². The molecule has 0 amide bonds. The summed E-state index contributed by atoms with van der Waals surface area (Å²) in [6.45, 7) is 6.84. The van der Waals surface area contributed by atoms with Crippen LogP contribution in [0.1, 0.15) is 46.0 Å². The van der Waals surface area contributed by atoms with Gasteiger partial charge < -0.3 is 15.2 Å². The fourth-order valence-electron chi connectivity index (χ4n) is 3.53. The van der Waals surface area contributed by atoms with Crippen molar-refractivity contribution in [2.75, 3.05) is 19.8 Å². The second kappa shape index (κ2) is 5.68. The number of rotatable bonds is 5. The maximum atomic E-state index is 9.74. The summed E-state index contributed by atoms with van der Waals surface area (Å²) in [4.78, 5) is 0. The van der Waals surface area contributed by atoms with Gasteiger partial charge in [-0.2, -0.15) is 0 Å². The van der Waals surface area contributed by atoms with Crippen molar-refractivity contribution in [3.8, 4) is 0 Å². The number of aliphatic hydroxyl groups excluding tert-OH is 1. The summed E-state index contributed by atoms with van der Waals surface area (Å²) >= 11 is 0. The van der Waals surface area contributed by atoms with Gasteiger partial charge in [0.25, 0.3) is 0 Å². The summed E-state index contributed by atoms with van der Waals surface area (Å²) in [5.41, 5.74) is 0.483. The maximum absolute atomic E-state index is 9.74. The molecule has 2 rings (SSSR count). The molecule has 0 spiro atoms. The van der Waals surface area contributed by atoms with E-state index < -0.39 is 0 Å². The minimum atomic E-state index is -0.312. The Bertz CT molecular complexity index is 236. The predicted molar refractivity (Wildman–Crippen MR) is 69.0 cm³/mol. The fourth-order valence-corrected chi connectivity index (χ4v) is 3.53. The molecule has 3 heteroatoms. The monoisotopic (exact) mass is 241 g/mol. The lowest BCUT2D eigenvalue weighted by atomic mass is 9.78. The van der Waals surface area contributed by atoms with Crippen molar-refractivity contribution < 1.29 is 9.84 Å². The Morgan fingerprint density at radius 2 is 2.00 bits per heavy atom. The predicted octanol–water partition coefficient (Wildman–Crippen LogP) is 1.94. The molecular formula is C14H27NO2. The van der Waals surface area contributed by atoms with Crippen LogP contribution in [-0.2, 0) is 4.74 Å². The van der Waals surface area contributed by atoms with Crippen LogP contribution < -0.4 is 5.32 Å². The number of ether oxygens (including phenoxy) is 1. The third-order valence-corrected chi connectivity index (χ3v) is 4.30. The van der Waals surface area contributed by atoms with Gasteiger partial charge in [-0.1, -0.05) is 26.7 Å². The first kappa shape index (κ1) is 13.3. The SMILES string of the molecule is CC(C)CC1(CNC2COCC2O)CCCC1. The van der Waals surface area contributed by atoms with E-state index in [1.807, 2.05) is 0 Å². The van der Waals surface area contributed by atoms with Crippen LogP contribution in [0.2, 0.25) is 0 Å². The molecule has 3 nitrogen and oxygen atoms in total. The van der Waals surface area contributed by atoms with Gasteiger partial charge in [-0.25, -0.2) is 0 Å². The molecule has 17 heavy (non-hydrogen) atoms. The molecular weight excluding hydrogens is 214 g/mol. The van der Waals surface area contributed by atoms with E-state index in [-0.39, 0.29) is 12.1 Å². The first-order valence-corrected chi connectivity index (χ1v) is 7.10. The molecule has 2 unspecified atom stereocenters. The number of aliphatic hydroxyl groups is 1. The Morgan fingerprint density at radius 1 is 1.29 bits per heavy atom. The summed E-state index contributed by atoms with van der Waals surface area (Å²) in [7, 11) is 0. The first-order chi connectivity index (χ1) is 8.11. The van der Waals surface area contributed by atoms with Gasteiger partial charge in [0.05, 0.1) is 25.4 Å². The van der Waals surface area contributed by atoms with Crippen LogP contribution >= 0.6 is 0 Å². The van der Waals surface area contributed by atoms with Crippen molar-refractivity contribution in [1.82, 2.24) is 5.32 Å². The molecule has 100 valence electrons. The standard InChI is InChI=1S/C14H27NO2/c1-11(2)7-14(5-3-4-6-14)10-15-12-8-17-9-13(12)16/h11-13,15-16H,3-10H2,1-2H3. The van der Waals surface area contributed by atoms with Gasteiger partial charge in [0.15, 0.2) is 0 Å². The lowest BCUT2D eigenvalue weighted by molar-refractivity contribution is 0.119. The van der Waals surface area contributed by atoms with E-state index in [1.54, 1.807) is 0 Å². The number of hydrogen-bond acceptors (Lipinski definition) is 3. The third-order valence-electron chi connectivity index (χ3n) is 4.30. The van der Waals surface area contributed by atoms with Crippen LogP contribution in [-0.4, -0.2) is 37.0 Å². The van der Waals surface area contributed by atoms with Crippen LogP contribution in [0.3, 0.4) is 0 Å². The van der Waals surface area contributed by atoms with Gasteiger partial charge in [0.2, 0.25) is 0 Å². The molecule has 1 heterocycles. The molecule has 2 aliphatic rings. The Labute approximate surface area is 105 Å².